The molecule has 4 heteroatoms. The fourth-order valence-electron chi connectivity index (χ4n) is 3.86. The van der Waals surface area contributed by atoms with Gasteiger partial charge in [-0.25, -0.2) is 0 Å². The minimum absolute atomic E-state index is 0.00757. The van der Waals surface area contributed by atoms with Crippen molar-refractivity contribution in [3.05, 3.63) is 60.2 Å². The predicted octanol–water partition coefficient (Wildman–Crippen LogP) is 4.79. The Balaban J connectivity index is 1.56. The predicted molar refractivity (Wildman–Crippen MR) is 110 cm³/mol. The molecule has 1 N–H and O–H groups in total. The SMILES string of the molecule is CCN(C(=O)C1CCC(C(=O)Nc2cccc(C)c2)CC1)c1ccccc1. The number of aryl methyl sites for hydroxylation is 1. The molecule has 2 aromatic rings. The Bertz CT molecular complexity index is 780. The lowest BCUT2D eigenvalue weighted by molar-refractivity contribution is -0.126. The highest BCUT2D eigenvalue weighted by atomic mass is 16.2. The van der Waals surface area contributed by atoms with Gasteiger partial charge in [-0.15, -0.1) is 0 Å². The minimum atomic E-state index is -0.0126. The number of hydrogen-bond acceptors (Lipinski definition) is 2. The highest BCUT2D eigenvalue weighted by Crippen LogP contribution is 2.32. The molecule has 142 valence electrons. The van der Waals surface area contributed by atoms with E-state index >= 15 is 0 Å². The van der Waals surface area contributed by atoms with Crippen LogP contribution < -0.4 is 10.2 Å². The maximum atomic E-state index is 13.0. The van der Waals surface area contributed by atoms with Gasteiger partial charge in [0.2, 0.25) is 11.8 Å². The van der Waals surface area contributed by atoms with Gasteiger partial charge in [0.25, 0.3) is 0 Å². The van der Waals surface area contributed by atoms with Crippen LogP contribution in [0.4, 0.5) is 11.4 Å². The molecule has 0 saturated heterocycles. The zero-order valence-electron chi connectivity index (χ0n) is 16.2. The van der Waals surface area contributed by atoms with Crippen molar-refractivity contribution >= 4 is 23.2 Å². The van der Waals surface area contributed by atoms with Crippen LogP contribution in [-0.4, -0.2) is 18.4 Å². The van der Waals surface area contributed by atoms with E-state index in [9.17, 15) is 9.59 Å². The lowest BCUT2D eigenvalue weighted by Gasteiger charge is -2.31. The molecule has 1 fully saturated rings. The quantitative estimate of drug-likeness (QED) is 0.829. The van der Waals surface area contributed by atoms with Gasteiger partial charge in [0, 0.05) is 29.8 Å². The van der Waals surface area contributed by atoms with Crippen LogP contribution in [0.25, 0.3) is 0 Å². The average molecular weight is 364 g/mol. The van der Waals surface area contributed by atoms with Gasteiger partial charge in [0.05, 0.1) is 0 Å². The second-order valence-electron chi connectivity index (χ2n) is 7.33. The van der Waals surface area contributed by atoms with E-state index in [2.05, 4.69) is 5.32 Å². The molecule has 1 saturated carbocycles. The maximum absolute atomic E-state index is 13.0. The van der Waals surface area contributed by atoms with E-state index in [0.717, 1.165) is 42.6 Å². The van der Waals surface area contributed by atoms with E-state index in [1.807, 2.05) is 73.3 Å². The van der Waals surface area contributed by atoms with Gasteiger partial charge in [-0.3, -0.25) is 9.59 Å². The fourth-order valence-corrected chi connectivity index (χ4v) is 3.86. The van der Waals surface area contributed by atoms with E-state index in [4.69, 9.17) is 0 Å². The number of nitrogens with one attached hydrogen (secondary N) is 1. The Morgan fingerprint density at radius 1 is 0.963 bits per heavy atom. The third kappa shape index (κ3) is 4.76. The number of amides is 2. The number of anilines is 2. The zero-order chi connectivity index (χ0) is 19.2. The van der Waals surface area contributed by atoms with Gasteiger partial charge in [0.15, 0.2) is 0 Å². The summed E-state index contributed by atoms with van der Waals surface area (Å²) in [6, 6.07) is 17.7. The first kappa shape index (κ1) is 19.2. The van der Waals surface area contributed by atoms with Gasteiger partial charge in [-0.2, -0.15) is 0 Å². The Morgan fingerprint density at radius 3 is 2.26 bits per heavy atom. The van der Waals surface area contributed by atoms with Crippen LogP contribution in [0.15, 0.2) is 54.6 Å². The van der Waals surface area contributed by atoms with Crippen molar-refractivity contribution in [3.63, 3.8) is 0 Å². The van der Waals surface area contributed by atoms with Gasteiger partial charge in [-0.05, 0) is 69.4 Å². The standard InChI is InChI=1S/C23H28N2O2/c1-3-25(21-10-5-4-6-11-21)23(27)19-14-12-18(13-15-19)22(26)24-20-9-7-8-17(2)16-20/h4-11,16,18-19H,3,12-15H2,1-2H3,(H,24,26). The molecule has 0 atom stereocenters. The summed E-state index contributed by atoms with van der Waals surface area (Å²) in [6.07, 6.45) is 3.07. The summed E-state index contributed by atoms with van der Waals surface area (Å²) in [5.41, 5.74) is 2.92. The van der Waals surface area contributed by atoms with Gasteiger partial charge < -0.3 is 10.2 Å². The summed E-state index contributed by atoms with van der Waals surface area (Å²) in [5.74, 6) is 0.248. The first-order valence-corrected chi connectivity index (χ1v) is 9.82. The molecule has 27 heavy (non-hydrogen) atoms. The Morgan fingerprint density at radius 2 is 1.63 bits per heavy atom. The number of rotatable bonds is 5. The first-order valence-electron chi connectivity index (χ1n) is 9.82. The van der Waals surface area contributed by atoms with Crippen LogP contribution in [0.1, 0.15) is 38.2 Å². The summed E-state index contributed by atoms with van der Waals surface area (Å²) in [6.45, 7) is 4.68. The van der Waals surface area contributed by atoms with Gasteiger partial charge >= 0.3 is 0 Å². The molecule has 0 heterocycles. The summed E-state index contributed by atoms with van der Waals surface area (Å²) in [7, 11) is 0. The van der Waals surface area contributed by atoms with Crippen LogP contribution in [0.2, 0.25) is 0 Å². The minimum Gasteiger partial charge on any atom is -0.326 e. The van der Waals surface area contributed by atoms with Crippen molar-refractivity contribution in [1.82, 2.24) is 0 Å². The van der Waals surface area contributed by atoms with Crippen LogP contribution in [0.3, 0.4) is 0 Å². The van der Waals surface area contributed by atoms with Crippen LogP contribution in [-0.2, 0) is 9.59 Å². The number of carbonyl (C=O) groups is 2. The lowest BCUT2D eigenvalue weighted by atomic mass is 9.80. The van der Waals surface area contributed by atoms with E-state index in [1.165, 1.54) is 0 Å². The molecule has 0 bridgehead atoms. The first-order chi connectivity index (χ1) is 13.1. The third-order valence-electron chi connectivity index (χ3n) is 5.38. The number of benzene rings is 2. The smallest absolute Gasteiger partial charge is 0.230 e. The second-order valence-corrected chi connectivity index (χ2v) is 7.33. The highest BCUT2D eigenvalue weighted by molar-refractivity contribution is 5.96. The monoisotopic (exact) mass is 364 g/mol. The Hall–Kier alpha value is -2.62. The molecule has 0 spiro atoms. The molecule has 2 aromatic carbocycles. The summed E-state index contributed by atoms with van der Waals surface area (Å²) >= 11 is 0. The molecule has 0 unspecified atom stereocenters. The van der Waals surface area contributed by atoms with Crippen molar-refractivity contribution in [3.8, 4) is 0 Å². The van der Waals surface area contributed by atoms with Crippen molar-refractivity contribution in [2.45, 2.75) is 39.5 Å². The molecular formula is C23H28N2O2. The number of nitrogens with zero attached hydrogens (tertiary/aromatic N) is 1. The lowest BCUT2D eigenvalue weighted by Crippen LogP contribution is -2.39. The molecule has 0 aliphatic heterocycles. The van der Waals surface area contributed by atoms with E-state index in [-0.39, 0.29) is 23.7 Å². The Labute approximate surface area is 161 Å². The molecule has 1 aliphatic rings. The summed E-state index contributed by atoms with van der Waals surface area (Å²) in [5, 5.41) is 3.02. The Kier molecular flexibility index (Phi) is 6.28. The molecule has 1 aliphatic carbocycles. The topological polar surface area (TPSA) is 49.4 Å². The number of para-hydroxylation sites is 1. The molecule has 4 nitrogen and oxygen atoms in total. The summed E-state index contributed by atoms with van der Waals surface area (Å²) in [4.78, 5) is 27.4. The van der Waals surface area contributed by atoms with Gasteiger partial charge in [0.1, 0.15) is 0 Å². The van der Waals surface area contributed by atoms with Crippen molar-refractivity contribution in [2.75, 3.05) is 16.8 Å². The van der Waals surface area contributed by atoms with Crippen LogP contribution in [0.5, 0.6) is 0 Å². The second kappa shape index (κ2) is 8.85. The van der Waals surface area contributed by atoms with E-state index in [0.29, 0.717) is 6.54 Å². The zero-order valence-corrected chi connectivity index (χ0v) is 16.2. The number of hydrogen-bond donors (Lipinski definition) is 1. The van der Waals surface area contributed by atoms with Crippen molar-refractivity contribution in [2.24, 2.45) is 11.8 Å². The normalized spacial score (nSPS) is 19.3. The van der Waals surface area contributed by atoms with E-state index < -0.39 is 0 Å². The van der Waals surface area contributed by atoms with Gasteiger partial charge in [-0.1, -0.05) is 30.3 Å². The van der Waals surface area contributed by atoms with Crippen LogP contribution in [0, 0.1) is 18.8 Å². The maximum Gasteiger partial charge on any atom is 0.230 e. The molecule has 3 rings (SSSR count). The largest absolute Gasteiger partial charge is 0.326 e. The summed E-state index contributed by atoms with van der Waals surface area (Å²) < 4.78 is 0. The van der Waals surface area contributed by atoms with Crippen molar-refractivity contribution < 1.29 is 9.59 Å². The molecule has 0 aromatic heterocycles. The molecule has 2 amide bonds. The molecular weight excluding hydrogens is 336 g/mol. The average Bonchev–Trinajstić information content (AvgIpc) is 2.69. The van der Waals surface area contributed by atoms with Crippen LogP contribution >= 0.6 is 0 Å². The highest BCUT2D eigenvalue weighted by Gasteiger charge is 2.32. The molecule has 0 radical (unpaired) electrons. The van der Waals surface area contributed by atoms with E-state index in [1.54, 1.807) is 0 Å². The fraction of sp³-hybridized carbons (Fsp3) is 0.391. The number of carbonyl (C=O) groups excluding carboxylic acids is 2. The van der Waals surface area contributed by atoms with Crippen molar-refractivity contribution in [1.29, 1.82) is 0 Å². The third-order valence-corrected chi connectivity index (χ3v) is 5.38.